The standard InChI is InChI=1S/C18H20N4O3/c1-21-11-17(24)22(18(21)25)10-16(23)20-15(9-19)14-7-6-12-4-2-3-5-13(12)8-14/h2-8,15H,9-11,19H2,1H3,(H,20,23). The summed E-state index contributed by atoms with van der Waals surface area (Å²) in [6.07, 6.45) is 0. The molecule has 130 valence electrons. The van der Waals surface area contributed by atoms with Gasteiger partial charge in [0.05, 0.1) is 6.04 Å². The van der Waals surface area contributed by atoms with Crippen LogP contribution in [0.25, 0.3) is 10.8 Å². The molecule has 1 heterocycles. The molecule has 2 aromatic rings. The molecule has 7 heteroatoms. The van der Waals surface area contributed by atoms with Crippen molar-refractivity contribution in [1.29, 1.82) is 0 Å². The molecule has 0 aromatic heterocycles. The molecule has 3 N–H and O–H groups in total. The van der Waals surface area contributed by atoms with Gasteiger partial charge in [-0.15, -0.1) is 0 Å². The van der Waals surface area contributed by atoms with Crippen LogP contribution >= 0.6 is 0 Å². The SMILES string of the molecule is CN1CC(=O)N(CC(=O)NC(CN)c2ccc3ccccc3c2)C1=O. The smallest absolute Gasteiger partial charge is 0.327 e. The van der Waals surface area contributed by atoms with Crippen LogP contribution in [-0.2, 0) is 9.59 Å². The second-order valence-electron chi connectivity index (χ2n) is 6.08. The highest BCUT2D eigenvalue weighted by molar-refractivity contribution is 6.04. The summed E-state index contributed by atoms with van der Waals surface area (Å²) < 4.78 is 0. The third-order valence-corrected chi connectivity index (χ3v) is 4.28. The molecule has 1 fully saturated rings. The number of benzene rings is 2. The lowest BCUT2D eigenvalue weighted by atomic mass is 10.0. The average Bonchev–Trinajstić information content (AvgIpc) is 2.85. The minimum atomic E-state index is -0.463. The largest absolute Gasteiger partial charge is 0.346 e. The molecule has 1 saturated heterocycles. The predicted molar refractivity (Wildman–Crippen MR) is 93.6 cm³/mol. The van der Waals surface area contributed by atoms with E-state index in [1.54, 1.807) is 0 Å². The molecule has 1 aliphatic heterocycles. The van der Waals surface area contributed by atoms with Gasteiger partial charge in [0.15, 0.2) is 0 Å². The first-order valence-corrected chi connectivity index (χ1v) is 8.03. The molecule has 3 rings (SSSR count). The zero-order valence-corrected chi connectivity index (χ0v) is 13.9. The fourth-order valence-corrected chi connectivity index (χ4v) is 2.91. The van der Waals surface area contributed by atoms with Crippen molar-refractivity contribution in [3.63, 3.8) is 0 Å². The maximum absolute atomic E-state index is 12.3. The van der Waals surface area contributed by atoms with Crippen molar-refractivity contribution in [1.82, 2.24) is 15.1 Å². The van der Waals surface area contributed by atoms with Crippen molar-refractivity contribution in [3.05, 3.63) is 48.0 Å². The summed E-state index contributed by atoms with van der Waals surface area (Å²) in [4.78, 5) is 38.1. The van der Waals surface area contributed by atoms with Gasteiger partial charge in [0.25, 0.3) is 5.91 Å². The number of amides is 4. The summed E-state index contributed by atoms with van der Waals surface area (Å²) >= 11 is 0. The van der Waals surface area contributed by atoms with Gasteiger partial charge in [-0.2, -0.15) is 0 Å². The third-order valence-electron chi connectivity index (χ3n) is 4.28. The number of nitrogens with zero attached hydrogens (tertiary/aromatic N) is 2. The van der Waals surface area contributed by atoms with Gasteiger partial charge < -0.3 is 16.0 Å². The first-order chi connectivity index (χ1) is 12.0. The zero-order chi connectivity index (χ0) is 18.0. The van der Waals surface area contributed by atoms with Crippen LogP contribution in [0.15, 0.2) is 42.5 Å². The predicted octanol–water partition coefficient (Wildman–Crippen LogP) is 0.850. The lowest BCUT2D eigenvalue weighted by Crippen LogP contribution is -2.43. The fourth-order valence-electron chi connectivity index (χ4n) is 2.91. The summed E-state index contributed by atoms with van der Waals surface area (Å²) in [6, 6.07) is 12.9. The zero-order valence-electron chi connectivity index (χ0n) is 13.9. The number of hydrogen-bond donors (Lipinski definition) is 2. The number of imide groups is 1. The van der Waals surface area contributed by atoms with Crippen molar-refractivity contribution in [2.45, 2.75) is 6.04 Å². The Bertz CT molecular complexity index is 836. The topological polar surface area (TPSA) is 95.7 Å². The van der Waals surface area contributed by atoms with Crippen molar-refractivity contribution < 1.29 is 14.4 Å². The molecular weight excluding hydrogens is 320 g/mol. The Morgan fingerprint density at radius 1 is 1.20 bits per heavy atom. The van der Waals surface area contributed by atoms with Crippen LogP contribution in [0.4, 0.5) is 4.79 Å². The molecule has 4 amide bonds. The van der Waals surface area contributed by atoms with E-state index in [0.717, 1.165) is 21.2 Å². The van der Waals surface area contributed by atoms with Gasteiger partial charge in [-0.05, 0) is 22.4 Å². The van der Waals surface area contributed by atoms with Gasteiger partial charge in [0.1, 0.15) is 13.1 Å². The first-order valence-electron chi connectivity index (χ1n) is 8.03. The summed E-state index contributed by atoms with van der Waals surface area (Å²) in [5, 5.41) is 4.96. The van der Waals surface area contributed by atoms with Crippen LogP contribution in [-0.4, -0.2) is 54.3 Å². The van der Waals surface area contributed by atoms with Gasteiger partial charge in [-0.25, -0.2) is 4.79 Å². The number of urea groups is 1. The number of nitrogens with two attached hydrogens (primary N) is 1. The number of nitrogens with one attached hydrogen (secondary N) is 1. The van der Waals surface area contributed by atoms with Crippen LogP contribution in [0.2, 0.25) is 0 Å². The molecular formula is C18H20N4O3. The van der Waals surface area contributed by atoms with E-state index in [9.17, 15) is 14.4 Å². The number of fused-ring (bicyclic) bond motifs is 1. The van der Waals surface area contributed by atoms with E-state index < -0.39 is 11.9 Å². The lowest BCUT2D eigenvalue weighted by Gasteiger charge is -2.20. The molecule has 0 radical (unpaired) electrons. The lowest BCUT2D eigenvalue weighted by molar-refractivity contribution is -0.131. The van der Waals surface area contributed by atoms with Gasteiger partial charge in [-0.3, -0.25) is 14.5 Å². The number of hydrogen-bond acceptors (Lipinski definition) is 4. The maximum atomic E-state index is 12.3. The molecule has 2 aromatic carbocycles. The average molecular weight is 340 g/mol. The Labute approximate surface area is 145 Å². The molecule has 25 heavy (non-hydrogen) atoms. The Morgan fingerprint density at radius 2 is 1.92 bits per heavy atom. The second kappa shape index (κ2) is 6.90. The van der Waals surface area contributed by atoms with Crippen LogP contribution in [0, 0.1) is 0 Å². The Kier molecular flexibility index (Phi) is 4.67. The summed E-state index contributed by atoms with van der Waals surface area (Å²) in [5.74, 6) is -0.793. The maximum Gasteiger partial charge on any atom is 0.327 e. The van der Waals surface area contributed by atoms with Gasteiger partial charge >= 0.3 is 6.03 Å². The number of carbonyl (C=O) groups excluding carboxylic acids is 3. The third kappa shape index (κ3) is 3.46. The van der Waals surface area contributed by atoms with Crippen LogP contribution in [0.3, 0.4) is 0 Å². The molecule has 1 aliphatic rings. The van der Waals surface area contributed by atoms with Gasteiger partial charge in [0.2, 0.25) is 5.91 Å². The Balaban J connectivity index is 1.71. The van der Waals surface area contributed by atoms with Crippen LogP contribution < -0.4 is 11.1 Å². The van der Waals surface area contributed by atoms with Crippen LogP contribution in [0.1, 0.15) is 11.6 Å². The quantitative estimate of drug-likeness (QED) is 0.789. The molecule has 0 spiro atoms. The summed E-state index contributed by atoms with van der Waals surface area (Å²) in [7, 11) is 1.52. The molecule has 1 atom stereocenters. The molecule has 7 nitrogen and oxygen atoms in total. The minimum Gasteiger partial charge on any atom is -0.346 e. The van der Waals surface area contributed by atoms with Crippen LogP contribution in [0.5, 0.6) is 0 Å². The number of rotatable bonds is 5. The van der Waals surface area contributed by atoms with Crippen molar-refractivity contribution in [2.24, 2.45) is 5.73 Å². The van der Waals surface area contributed by atoms with Gasteiger partial charge in [-0.1, -0.05) is 36.4 Å². The van der Waals surface area contributed by atoms with E-state index in [2.05, 4.69) is 5.32 Å². The number of likely N-dealkylation sites (N-methyl/N-ethyl adjacent to an activating group) is 1. The highest BCUT2D eigenvalue weighted by atomic mass is 16.2. The van der Waals surface area contributed by atoms with E-state index in [0.29, 0.717) is 0 Å². The fraction of sp³-hybridized carbons (Fsp3) is 0.278. The van der Waals surface area contributed by atoms with Crippen molar-refractivity contribution in [3.8, 4) is 0 Å². The van der Waals surface area contributed by atoms with E-state index in [-0.39, 0.29) is 31.6 Å². The summed E-state index contributed by atoms with van der Waals surface area (Å²) in [6.45, 7) is -0.0882. The van der Waals surface area contributed by atoms with Crippen molar-refractivity contribution in [2.75, 3.05) is 26.7 Å². The van der Waals surface area contributed by atoms with E-state index in [4.69, 9.17) is 5.73 Å². The highest BCUT2D eigenvalue weighted by Gasteiger charge is 2.35. The van der Waals surface area contributed by atoms with Gasteiger partial charge in [0, 0.05) is 13.6 Å². The normalized spacial score (nSPS) is 15.8. The summed E-state index contributed by atoms with van der Waals surface area (Å²) in [5.41, 5.74) is 6.69. The molecule has 0 aliphatic carbocycles. The first kappa shape index (κ1) is 16.9. The molecule has 0 saturated carbocycles. The van der Waals surface area contributed by atoms with Crippen molar-refractivity contribution >= 4 is 28.6 Å². The Morgan fingerprint density at radius 3 is 2.56 bits per heavy atom. The number of carbonyl (C=O) groups is 3. The monoisotopic (exact) mass is 340 g/mol. The van der Waals surface area contributed by atoms with E-state index in [1.807, 2.05) is 42.5 Å². The highest BCUT2D eigenvalue weighted by Crippen LogP contribution is 2.20. The van der Waals surface area contributed by atoms with E-state index in [1.165, 1.54) is 11.9 Å². The molecule has 1 unspecified atom stereocenters. The molecule has 0 bridgehead atoms. The second-order valence-corrected chi connectivity index (χ2v) is 6.08. The van der Waals surface area contributed by atoms with E-state index >= 15 is 0 Å². The minimum absolute atomic E-state index is 0.00287. The Hall–Kier alpha value is -2.93.